The molecule has 0 fully saturated rings. The predicted molar refractivity (Wildman–Crippen MR) is 71.0 cm³/mol. The molecule has 0 heterocycles. The highest BCUT2D eigenvalue weighted by atomic mass is 16.1. The lowest BCUT2D eigenvalue weighted by Gasteiger charge is -2.15. The minimum Gasteiger partial charge on any atom is -0.349 e. The van der Waals surface area contributed by atoms with E-state index in [9.17, 15) is 4.79 Å². The van der Waals surface area contributed by atoms with Crippen LogP contribution in [-0.2, 0) is 0 Å². The molecule has 1 aromatic rings. The maximum Gasteiger partial charge on any atom is 0.252 e. The van der Waals surface area contributed by atoms with Crippen LogP contribution in [0.1, 0.15) is 40.4 Å². The average Bonchev–Trinajstić information content (AvgIpc) is 2.15. The van der Waals surface area contributed by atoms with Crippen molar-refractivity contribution in [3.8, 4) is 12.3 Å². The highest BCUT2D eigenvalue weighted by Crippen LogP contribution is 2.16. The van der Waals surface area contributed by atoms with Gasteiger partial charge in [-0.3, -0.25) is 4.79 Å². The van der Waals surface area contributed by atoms with Gasteiger partial charge in [-0.15, -0.1) is 12.3 Å². The minimum atomic E-state index is -0.0391. The summed E-state index contributed by atoms with van der Waals surface area (Å²) in [6, 6.07) is 4.05. The summed E-state index contributed by atoms with van der Waals surface area (Å²) >= 11 is 0. The number of hydrogen-bond acceptors (Lipinski definition) is 1. The molecule has 90 valence electrons. The monoisotopic (exact) mass is 229 g/mol. The number of carbonyl (C=O) groups excluding carboxylic acids is 1. The fourth-order valence-corrected chi connectivity index (χ4v) is 2.06. The van der Waals surface area contributed by atoms with Gasteiger partial charge in [0.05, 0.1) is 0 Å². The second kappa shape index (κ2) is 5.54. The van der Waals surface area contributed by atoms with Crippen molar-refractivity contribution in [1.29, 1.82) is 0 Å². The molecular formula is C15H19NO. The Morgan fingerprint density at radius 1 is 1.35 bits per heavy atom. The standard InChI is InChI=1S/C15H19NO/c1-6-7-13(5)16-15(17)14-11(3)8-10(2)9-12(14)4/h1,8-9,13H,7H2,2-5H3,(H,16,17). The van der Waals surface area contributed by atoms with Crippen LogP contribution in [0.4, 0.5) is 0 Å². The minimum absolute atomic E-state index is 0.00704. The highest BCUT2D eigenvalue weighted by Gasteiger charge is 2.14. The first-order valence-corrected chi connectivity index (χ1v) is 5.78. The van der Waals surface area contributed by atoms with Crippen LogP contribution in [0.3, 0.4) is 0 Å². The van der Waals surface area contributed by atoms with Crippen LogP contribution in [0.5, 0.6) is 0 Å². The zero-order valence-electron chi connectivity index (χ0n) is 10.9. The molecule has 1 aromatic carbocycles. The fraction of sp³-hybridized carbons (Fsp3) is 0.400. The number of aryl methyl sites for hydroxylation is 3. The number of hydrogen-bond donors (Lipinski definition) is 1. The largest absolute Gasteiger partial charge is 0.349 e. The molecule has 1 amide bonds. The van der Waals surface area contributed by atoms with Gasteiger partial charge in [-0.05, 0) is 38.8 Å². The van der Waals surface area contributed by atoms with E-state index in [1.165, 1.54) is 5.56 Å². The van der Waals surface area contributed by atoms with Gasteiger partial charge in [0.25, 0.3) is 5.91 Å². The van der Waals surface area contributed by atoms with Crippen LogP contribution in [0.2, 0.25) is 0 Å². The van der Waals surface area contributed by atoms with Crippen molar-refractivity contribution in [2.45, 2.75) is 40.2 Å². The summed E-state index contributed by atoms with van der Waals surface area (Å²) in [5.41, 5.74) is 3.95. The predicted octanol–water partition coefficient (Wildman–Crippen LogP) is 2.75. The summed E-state index contributed by atoms with van der Waals surface area (Å²) in [4.78, 5) is 12.1. The molecular weight excluding hydrogens is 210 g/mol. The Bertz CT molecular complexity index is 445. The molecule has 1 unspecified atom stereocenters. The number of nitrogens with one attached hydrogen (secondary N) is 1. The molecule has 0 bridgehead atoms. The zero-order valence-corrected chi connectivity index (χ0v) is 10.9. The third kappa shape index (κ3) is 3.35. The van der Waals surface area contributed by atoms with E-state index in [0.29, 0.717) is 6.42 Å². The molecule has 0 saturated carbocycles. The number of benzene rings is 1. The first-order chi connectivity index (χ1) is 7.95. The molecule has 1 atom stereocenters. The van der Waals surface area contributed by atoms with Crippen molar-refractivity contribution >= 4 is 5.91 Å². The Balaban J connectivity index is 2.94. The summed E-state index contributed by atoms with van der Waals surface area (Å²) in [6.45, 7) is 7.86. The Labute approximate surface area is 103 Å². The SMILES string of the molecule is C#CCC(C)NC(=O)c1c(C)cc(C)cc1C. The first-order valence-electron chi connectivity index (χ1n) is 5.78. The molecule has 2 nitrogen and oxygen atoms in total. The highest BCUT2D eigenvalue weighted by molar-refractivity contribution is 5.97. The summed E-state index contributed by atoms with van der Waals surface area (Å²) in [7, 11) is 0. The van der Waals surface area contributed by atoms with Gasteiger partial charge < -0.3 is 5.32 Å². The van der Waals surface area contributed by atoms with Crippen molar-refractivity contribution < 1.29 is 4.79 Å². The van der Waals surface area contributed by atoms with Gasteiger partial charge in [-0.1, -0.05) is 17.7 Å². The van der Waals surface area contributed by atoms with Crippen molar-refractivity contribution in [2.75, 3.05) is 0 Å². The van der Waals surface area contributed by atoms with Crippen molar-refractivity contribution in [1.82, 2.24) is 5.32 Å². The lowest BCUT2D eigenvalue weighted by Crippen LogP contribution is -2.33. The summed E-state index contributed by atoms with van der Waals surface area (Å²) < 4.78 is 0. The third-order valence-corrected chi connectivity index (χ3v) is 2.71. The maximum atomic E-state index is 12.1. The molecule has 0 saturated heterocycles. The van der Waals surface area contributed by atoms with E-state index >= 15 is 0 Å². The number of terminal acetylenes is 1. The molecule has 0 aliphatic carbocycles. The smallest absolute Gasteiger partial charge is 0.252 e. The van der Waals surface area contributed by atoms with Crippen LogP contribution in [0.25, 0.3) is 0 Å². The number of carbonyl (C=O) groups is 1. The molecule has 0 aliphatic heterocycles. The van der Waals surface area contributed by atoms with E-state index in [0.717, 1.165) is 16.7 Å². The van der Waals surface area contributed by atoms with Gasteiger partial charge in [0, 0.05) is 18.0 Å². The molecule has 2 heteroatoms. The lowest BCUT2D eigenvalue weighted by molar-refractivity contribution is 0.0939. The maximum absolute atomic E-state index is 12.1. The Kier molecular flexibility index (Phi) is 4.34. The molecule has 0 aliphatic rings. The van der Waals surface area contributed by atoms with E-state index in [2.05, 4.69) is 11.2 Å². The number of rotatable bonds is 3. The third-order valence-electron chi connectivity index (χ3n) is 2.71. The van der Waals surface area contributed by atoms with Gasteiger partial charge in [-0.25, -0.2) is 0 Å². The van der Waals surface area contributed by atoms with E-state index < -0.39 is 0 Å². The summed E-state index contributed by atoms with van der Waals surface area (Å²) in [5, 5.41) is 2.92. The molecule has 1 N–H and O–H groups in total. The number of amides is 1. The van der Waals surface area contributed by atoms with Gasteiger partial charge in [0.1, 0.15) is 0 Å². The van der Waals surface area contributed by atoms with Crippen LogP contribution in [0, 0.1) is 33.1 Å². The second-order valence-corrected chi connectivity index (χ2v) is 4.56. The van der Waals surface area contributed by atoms with Gasteiger partial charge in [0.15, 0.2) is 0 Å². The topological polar surface area (TPSA) is 29.1 Å². The second-order valence-electron chi connectivity index (χ2n) is 4.56. The summed E-state index contributed by atoms with van der Waals surface area (Å²) in [5.74, 6) is 2.51. The normalized spacial score (nSPS) is 11.7. The Hall–Kier alpha value is -1.75. The van der Waals surface area contributed by atoms with Gasteiger partial charge >= 0.3 is 0 Å². The van der Waals surface area contributed by atoms with Crippen molar-refractivity contribution in [2.24, 2.45) is 0 Å². The Morgan fingerprint density at radius 2 is 1.88 bits per heavy atom. The molecule has 0 spiro atoms. The lowest BCUT2D eigenvalue weighted by atomic mass is 9.99. The van der Waals surface area contributed by atoms with Crippen LogP contribution >= 0.6 is 0 Å². The van der Waals surface area contributed by atoms with E-state index in [1.54, 1.807) is 0 Å². The van der Waals surface area contributed by atoms with Gasteiger partial charge in [0.2, 0.25) is 0 Å². The molecule has 0 radical (unpaired) electrons. The molecule has 0 aromatic heterocycles. The molecule has 17 heavy (non-hydrogen) atoms. The van der Waals surface area contributed by atoms with E-state index in [4.69, 9.17) is 6.42 Å². The first kappa shape index (κ1) is 13.3. The Morgan fingerprint density at radius 3 is 2.35 bits per heavy atom. The van der Waals surface area contributed by atoms with Crippen molar-refractivity contribution in [3.05, 3.63) is 34.4 Å². The fourth-order valence-electron chi connectivity index (χ4n) is 2.06. The van der Waals surface area contributed by atoms with Crippen molar-refractivity contribution in [3.63, 3.8) is 0 Å². The van der Waals surface area contributed by atoms with Crippen LogP contribution in [0.15, 0.2) is 12.1 Å². The van der Waals surface area contributed by atoms with Crippen LogP contribution in [-0.4, -0.2) is 11.9 Å². The molecule has 1 rings (SSSR count). The van der Waals surface area contributed by atoms with E-state index in [1.807, 2.05) is 39.8 Å². The van der Waals surface area contributed by atoms with Gasteiger partial charge in [-0.2, -0.15) is 0 Å². The van der Waals surface area contributed by atoms with Crippen LogP contribution < -0.4 is 5.32 Å². The summed E-state index contributed by atoms with van der Waals surface area (Å²) in [6.07, 6.45) is 5.77. The average molecular weight is 229 g/mol. The zero-order chi connectivity index (χ0) is 13.0. The quantitative estimate of drug-likeness (QED) is 0.793. The van der Waals surface area contributed by atoms with E-state index in [-0.39, 0.29) is 11.9 Å².